The van der Waals surface area contributed by atoms with Gasteiger partial charge in [0.1, 0.15) is 5.75 Å². The minimum absolute atomic E-state index is 0.102. The van der Waals surface area contributed by atoms with Crippen LogP contribution in [0.4, 0.5) is 5.69 Å². The number of hydrogen-bond donors (Lipinski definition) is 1. The van der Waals surface area contributed by atoms with Crippen molar-refractivity contribution < 1.29 is 17.9 Å². The second-order valence-electron chi connectivity index (χ2n) is 6.71. The van der Waals surface area contributed by atoms with Gasteiger partial charge in [0, 0.05) is 39.1 Å². The van der Waals surface area contributed by atoms with Gasteiger partial charge < -0.3 is 15.0 Å². The molecule has 2 aromatic rings. The number of carbonyl (C=O) groups is 1. The molecule has 3 rings (SSSR count). The molecular weight excluding hydrogens is 378 g/mol. The third-order valence-corrected chi connectivity index (χ3v) is 5.89. The normalized spacial score (nSPS) is 15.9. The molecule has 0 aliphatic carbocycles. The van der Waals surface area contributed by atoms with Crippen molar-refractivity contribution >= 4 is 21.6 Å². The summed E-state index contributed by atoms with van der Waals surface area (Å²) < 4.78 is 30.4. The lowest BCUT2D eigenvalue weighted by atomic mass is 10.2. The van der Waals surface area contributed by atoms with Crippen molar-refractivity contribution in [2.24, 2.45) is 0 Å². The Morgan fingerprint density at radius 1 is 1.00 bits per heavy atom. The van der Waals surface area contributed by atoms with Crippen molar-refractivity contribution in [3.63, 3.8) is 0 Å². The van der Waals surface area contributed by atoms with E-state index in [0.717, 1.165) is 0 Å². The average Bonchev–Trinajstić information content (AvgIpc) is 2.68. The summed E-state index contributed by atoms with van der Waals surface area (Å²) in [5.74, 6) is 1.19. The molecule has 1 N–H and O–H groups in total. The van der Waals surface area contributed by atoms with E-state index in [4.69, 9.17) is 4.74 Å². The fraction of sp³-hybridized carbons (Fsp3) is 0.350. The maximum atomic E-state index is 12.4. The number of carbonyl (C=O) groups excluding carboxylic acids is 1. The summed E-state index contributed by atoms with van der Waals surface area (Å²) in [6.45, 7) is 2.79. The van der Waals surface area contributed by atoms with Crippen LogP contribution in [-0.4, -0.2) is 62.5 Å². The zero-order chi connectivity index (χ0) is 20.0. The molecule has 1 saturated heterocycles. The molecule has 0 radical (unpaired) electrons. The summed E-state index contributed by atoms with van der Waals surface area (Å²) in [6.07, 6.45) is 1.56. The van der Waals surface area contributed by atoms with E-state index >= 15 is 0 Å². The van der Waals surface area contributed by atoms with Gasteiger partial charge in [-0.15, -0.1) is 0 Å². The Labute approximate surface area is 166 Å². The van der Waals surface area contributed by atoms with Gasteiger partial charge in [0.2, 0.25) is 15.9 Å². The molecule has 28 heavy (non-hydrogen) atoms. The first-order valence-electron chi connectivity index (χ1n) is 9.21. The van der Waals surface area contributed by atoms with Crippen molar-refractivity contribution in [2.75, 3.05) is 44.3 Å². The van der Waals surface area contributed by atoms with E-state index in [1.54, 1.807) is 6.07 Å². The zero-order valence-corrected chi connectivity index (χ0v) is 16.7. The number of benzene rings is 2. The van der Waals surface area contributed by atoms with Crippen molar-refractivity contribution in [1.29, 1.82) is 0 Å². The van der Waals surface area contributed by atoms with Gasteiger partial charge in [0.15, 0.2) is 5.75 Å². The van der Waals surface area contributed by atoms with Crippen LogP contribution in [0.2, 0.25) is 0 Å². The van der Waals surface area contributed by atoms with Gasteiger partial charge in [-0.2, -0.15) is 4.31 Å². The van der Waals surface area contributed by atoms with Gasteiger partial charge in [-0.1, -0.05) is 30.3 Å². The highest BCUT2D eigenvalue weighted by Gasteiger charge is 2.23. The van der Waals surface area contributed by atoms with Crippen LogP contribution in [0.15, 0.2) is 54.6 Å². The number of amides is 1. The number of para-hydroxylation sites is 3. The van der Waals surface area contributed by atoms with E-state index in [-0.39, 0.29) is 5.91 Å². The van der Waals surface area contributed by atoms with Crippen LogP contribution >= 0.6 is 0 Å². The zero-order valence-electron chi connectivity index (χ0n) is 15.9. The largest absolute Gasteiger partial charge is 0.455 e. The topological polar surface area (TPSA) is 79.0 Å². The average molecular weight is 404 g/mol. The maximum Gasteiger partial charge on any atom is 0.225 e. The molecule has 0 saturated carbocycles. The number of nitrogens with one attached hydrogen (secondary N) is 1. The molecule has 1 aliphatic rings. The van der Waals surface area contributed by atoms with Crippen LogP contribution in [0.3, 0.4) is 0 Å². The van der Waals surface area contributed by atoms with Crippen molar-refractivity contribution in [3.05, 3.63) is 54.6 Å². The number of ether oxygens (including phenoxy) is 1. The predicted octanol–water partition coefficient (Wildman–Crippen LogP) is 2.38. The van der Waals surface area contributed by atoms with Crippen LogP contribution in [0.1, 0.15) is 6.42 Å². The fourth-order valence-corrected chi connectivity index (χ4v) is 3.86. The Hall–Kier alpha value is -2.42. The number of sulfonamides is 1. The molecule has 0 spiro atoms. The molecule has 0 bridgehead atoms. The molecule has 1 aliphatic heterocycles. The van der Waals surface area contributed by atoms with Crippen LogP contribution in [0.5, 0.6) is 11.5 Å². The number of hydrogen-bond acceptors (Lipinski definition) is 5. The first kappa shape index (κ1) is 20.3. The van der Waals surface area contributed by atoms with Crippen LogP contribution in [-0.2, 0) is 14.8 Å². The summed E-state index contributed by atoms with van der Waals surface area (Å²) in [7, 11) is -3.14. The molecule has 0 atom stereocenters. The van der Waals surface area contributed by atoms with Gasteiger partial charge in [0.05, 0.1) is 11.9 Å². The number of piperazine rings is 1. The van der Waals surface area contributed by atoms with E-state index < -0.39 is 10.0 Å². The van der Waals surface area contributed by atoms with E-state index in [1.165, 1.54) is 10.6 Å². The Bertz CT molecular complexity index is 895. The van der Waals surface area contributed by atoms with Crippen LogP contribution in [0, 0.1) is 0 Å². The number of nitrogens with zero attached hydrogens (tertiary/aromatic N) is 2. The lowest BCUT2D eigenvalue weighted by Gasteiger charge is -2.33. The maximum absolute atomic E-state index is 12.4. The summed E-state index contributed by atoms with van der Waals surface area (Å²) in [5, 5.41) is 2.91. The van der Waals surface area contributed by atoms with E-state index in [1.807, 2.05) is 48.5 Å². The summed E-state index contributed by atoms with van der Waals surface area (Å²) >= 11 is 0. The molecule has 0 aromatic heterocycles. The first-order valence-corrected chi connectivity index (χ1v) is 11.1. The van der Waals surface area contributed by atoms with E-state index in [9.17, 15) is 13.2 Å². The fourth-order valence-electron chi connectivity index (χ4n) is 3.03. The van der Waals surface area contributed by atoms with E-state index in [2.05, 4.69) is 10.2 Å². The molecule has 1 heterocycles. The molecule has 8 heteroatoms. The van der Waals surface area contributed by atoms with E-state index in [0.29, 0.717) is 56.3 Å². The molecule has 0 unspecified atom stereocenters. The molecule has 1 fully saturated rings. The highest BCUT2D eigenvalue weighted by Crippen LogP contribution is 2.29. The lowest BCUT2D eigenvalue weighted by molar-refractivity contribution is -0.116. The summed E-state index contributed by atoms with van der Waals surface area (Å²) in [4.78, 5) is 14.5. The van der Waals surface area contributed by atoms with Gasteiger partial charge in [-0.3, -0.25) is 4.79 Å². The third kappa shape index (κ3) is 5.79. The molecule has 150 valence electrons. The Morgan fingerprint density at radius 3 is 2.32 bits per heavy atom. The van der Waals surface area contributed by atoms with Crippen LogP contribution < -0.4 is 10.1 Å². The highest BCUT2D eigenvalue weighted by molar-refractivity contribution is 7.88. The van der Waals surface area contributed by atoms with Gasteiger partial charge in [-0.25, -0.2) is 8.42 Å². The van der Waals surface area contributed by atoms with Crippen LogP contribution in [0.25, 0.3) is 0 Å². The summed E-state index contributed by atoms with van der Waals surface area (Å²) in [5.41, 5.74) is 0.623. The third-order valence-electron chi connectivity index (χ3n) is 4.59. The number of rotatable bonds is 7. The lowest BCUT2D eigenvalue weighted by Crippen LogP contribution is -2.48. The Kier molecular flexibility index (Phi) is 6.66. The second kappa shape index (κ2) is 9.18. The monoisotopic (exact) mass is 403 g/mol. The van der Waals surface area contributed by atoms with Gasteiger partial charge in [0.25, 0.3) is 0 Å². The molecule has 2 aromatic carbocycles. The highest BCUT2D eigenvalue weighted by atomic mass is 32.2. The second-order valence-corrected chi connectivity index (χ2v) is 8.70. The quantitative estimate of drug-likeness (QED) is 0.768. The van der Waals surface area contributed by atoms with Crippen molar-refractivity contribution in [1.82, 2.24) is 9.21 Å². The predicted molar refractivity (Wildman–Crippen MR) is 109 cm³/mol. The first-order chi connectivity index (χ1) is 13.4. The molecule has 7 nitrogen and oxygen atoms in total. The SMILES string of the molecule is CS(=O)(=O)N1CCN(CCC(=O)Nc2ccccc2Oc2ccccc2)CC1. The number of anilines is 1. The molecular formula is C20H25N3O4S. The van der Waals surface area contributed by atoms with Gasteiger partial charge >= 0.3 is 0 Å². The Morgan fingerprint density at radius 2 is 1.64 bits per heavy atom. The molecule has 1 amide bonds. The minimum atomic E-state index is -3.14. The van der Waals surface area contributed by atoms with Crippen molar-refractivity contribution in [2.45, 2.75) is 6.42 Å². The van der Waals surface area contributed by atoms with Gasteiger partial charge in [-0.05, 0) is 24.3 Å². The Balaban J connectivity index is 1.51. The minimum Gasteiger partial charge on any atom is -0.455 e. The smallest absolute Gasteiger partial charge is 0.225 e. The summed E-state index contributed by atoms with van der Waals surface area (Å²) in [6, 6.07) is 16.7. The van der Waals surface area contributed by atoms with Crippen molar-refractivity contribution in [3.8, 4) is 11.5 Å². The standard InChI is InChI=1S/C20H25N3O4S/c1-28(25,26)23-15-13-22(14-16-23)12-11-20(24)21-18-9-5-6-10-19(18)27-17-7-3-2-4-8-17/h2-10H,11-16H2,1H3,(H,21,24).